The summed E-state index contributed by atoms with van der Waals surface area (Å²) in [5, 5.41) is 15.1. The quantitative estimate of drug-likeness (QED) is 0.771. The molecule has 3 N–H and O–H groups in total. The van der Waals surface area contributed by atoms with Crippen LogP contribution in [0.15, 0.2) is 18.2 Å². The Hall–Kier alpha value is -1.88. The zero-order chi connectivity index (χ0) is 14.0. The standard InChI is InChI=1S/C14H18N2O3/c1-8-6-15-7-11(8)13(17)16-12-5-3-4-10(9(12)2)14(18)19/h3-5,8,11,15H,6-7H2,1-2H3,(H,16,17)(H,18,19)/t8-,11-/m1/s1. The summed E-state index contributed by atoms with van der Waals surface area (Å²) in [6.07, 6.45) is 0. The Morgan fingerprint density at radius 2 is 2.11 bits per heavy atom. The number of nitrogens with one attached hydrogen (secondary N) is 2. The molecule has 1 aromatic rings. The van der Waals surface area contributed by atoms with Gasteiger partial charge in [0.2, 0.25) is 5.91 Å². The van der Waals surface area contributed by atoms with Crippen LogP contribution in [0.5, 0.6) is 0 Å². The largest absolute Gasteiger partial charge is 0.478 e. The fraction of sp³-hybridized carbons (Fsp3) is 0.429. The van der Waals surface area contributed by atoms with Gasteiger partial charge in [-0.1, -0.05) is 13.0 Å². The van der Waals surface area contributed by atoms with Crippen LogP contribution in [0.2, 0.25) is 0 Å². The van der Waals surface area contributed by atoms with E-state index in [4.69, 9.17) is 5.11 Å². The fourth-order valence-corrected chi connectivity index (χ4v) is 2.39. The van der Waals surface area contributed by atoms with E-state index in [0.717, 1.165) is 6.54 Å². The summed E-state index contributed by atoms with van der Waals surface area (Å²) in [5.41, 5.74) is 1.38. The van der Waals surface area contributed by atoms with Gasteiger partial charge in [0, 0.05) is 12.2 Å². The van der Waals surface area contributed by atoms with Crippen LogP contribution >= 0.6 is 0 Å². The van der Waals surface area contributed by atoms with Crippen molar-refractivity contribution in [3.8, 4) is 0 Å². The van der Waals surface area contributed by atoms with E-state index in [2.05, 4.69) is 10.6 Å². The molecule has 1 aliphatic heterocycles. The molecule has 5 nitrogen and oxygen atoms in total. The Bertz CT molecular complexity index is 513. The summed E-state index contributed by atoms with van der Waals surface area (Å²) < 4.78 is 0. The number of carboxylic acid groups (broad SMARTS) is 1. The SMILES string of the molecule is Cc1c(NC(=O)[C@@H]2CNC[C@H]2C)cccc1C(=O)O. The molecule has 5 heteroatoms. The molecule has 2 rings (SSSR count). The second-order valence-corrected chi connectivity index (χ2v) is 5.01. The molecule has 0 aliphatic carbocycles. The molecule has 1 amide bonds. The van der Waals surface area contributed by atoms with Crippen molar-refractivity contribution < 1.29 is 14.7 Å². The van der Waals surface area contributed by atoms with E-state index in [1.54, 1.807) is 19.1 Å². The van der Waals surface area contributed by atoms with Gasteiger partial charge in [-0.05, 0) is 37.1 Å². The van der Waals surface area contributed by atoms with Crippen molar-refractivity contribution in [1.29, 1.82) is 0 Å². The van der Waals surface area contributed by atoms with Crippen molar-refractivity contribution in [2.24, 2.45) is 11.8 Å². The molecule has 0 radical (unpaired) electrons. The minimum atomic E-state index is -0.982. The lowest BCUT2D eigenvalue weighted by Gasteiger charge is -2.16. The first-order valence-corrected chi connectivity index (χ1v) is 6.35. The van der Waals surface area contributed by atoms with E-state index in [0.29, 0.717) is 23.7 Å². The molecule has 19 heavy (non-hydrogen) atoms. The maximum absolute atomic E-state index is 12.2. The molecule has 0 bridgehead atoms. The summed E-state index contributed by atoms with van der Waals surface area (Å²) in [4.78, 5) is 23.2. The molecular weight excluding hydrogens is 244 g/mol. The molecule has 1 aromatic carbocycles. The van der Waals surface area contributed by atoms with Crippen LogP contribution in [0.4, 0.5) is 5.69 Å². The molecule has 1 fully saturated rings. The van der Waals surface area contributed by atoms with Gasteiger partial charge >= 0.3 is 5.97 Å². The monoisotopic (exact) mass is 262 g/mol. The number of anilines is 1. The molecule has 0 spiro atoms. The number of carbonyl (C=O) groups is 2. The van der Waals surface area contributed by atoms with E-state index in [9.17, 15) is 9.59 Å². The van der Waals surface area contributed by atoms with E-state index in [1.165, 1.54) is 6.07 Å². The Morgan fingerprint density at radius 1 is 1.37 bits per heavy atom. The number of amides is 1. The van der Waals surface area contributed by atoms with Gasteiger partial charge in [-0.25, -0.2) is 4.79 Å². The number of hydrogen-bond acceptors (Lipinski definition) is 3. The first-order chi connectivity index (χ1) is 9.00. The molecule has 0 unspecified atom stereocenters. The van der Waals surface area contributed by atoms with E-state index < -0.39 is 5.97 Å². The maximum Gasteiger partial charge on any atom is 0.336 e. The van der Waals surface area contributed by atoms with Crippen molar-refractivity contribution in [3.05, 3.63) is 29.3 Å². The number of aromatic carboxylic acids is 1. The third-order valence-corrected chi connectivity index (χ3v) is 3.68. The fourth-order valence-electron chi connectivity index (χ4n) is 2.39. The Kier molecular flexibility index (Phi) is 3.85. The Labute approximate surface area is 112 Å². The topological polar surface area (TPSA) is 78.4 Å². The number of carboxylic acids is 1. The summed E-state index contributed by atoms with van der Waals surface area (Å²) in [7, 11) is 0. The Balaban J connectivity index is 2.17. The minimum absolute atomic E-state index is 0.0526. The van der Waals surface area contributed by atoms with Gasteiger partial charge in [-0.3, -0.25) is 4.79 Å². The predicted octanol–water partition coefficient (Wildman–Crippen LogP) is 1.49. The molecule has 1 saturated heterocycles. The van der Waals surface area contributed by atoms with Crippen LogP contribution < -0.4 is 10.6 Å². The minimum Gasteiger partial charge on any atom is -0.478 e. The molecule has 102 valence electrons. The highest BCUT2D eigenvalue weighted by Crippen LogP contribution is 2.22. The lowest BCUT2D eigenvalue weighted by molar-refractivity contribution is -0.120. The highest BCUT2D eigenvalue weighted by molar-refractivity contribution is 5.97. The average Bonchev–Trinajstić information content (AvgIpc) is 2.77. The summed E-state index contributed by atoms with van der Waals surface area (Å²) >= 11 is 0. The van der Waals surface area contributed by atoms with E-state index in [-0.39, 0.29) is 17.4 Å². The zero-order valence-corrected chi connectivity index (χ0v) is 11.1. The molecule has 0 saturated carbocycles. The van der Waals surface area contributed by atoms with Crippen molar-refractivity contribution in [1.82, 2.24) is 5.32 Å². The second kappa shape index (κ2) is 5.40. The first-order valence-electron chi connectivity index (χ1n) is 6.35. The van der Waals surface area contributed by atoms with Gasteiger partial charge in [0.1, 0.15) is 0 Å². The van der Waals surface area contributed by atoms with Crippen LogP contribution in [-0.4, -0.2) is 30.1 Å². The molecule has 0 aromatic heterocycles. The van der Waals surface area contributed by atoms with Gasteiger partial charge in [0.15, 0.2) is 0 Å². The van der Waals surface area contributed by atoms with E-state index in [1.807, 2.05) is 6.92 Å². The number of benzene rings is 1. The highest BCUT2D eigenvalue weighted by atomic mass is 16.4. The van der Waals surface area contributed by atoms with Crippen molar-refractivity contribution in [2.75, 3.05) is 18.4 Å². The zero-order valence-electron chi connectivity index (χ0n) is 11.1. The van der Waals surface area contributed by atoms with Crippen molar-refractivity contribution >= 4 is 17.6 Å². The van der Waals surface area contributed by atoms with Crippen molar-refractivity contribution in [3.63, 3.8) is 0 Å². The molecular formula is C14H18N2O3. The van der Waals surface area contributed by atoms with Crippen LogP contribution in [0.1, 0.15) is 22.8 Å². The van der Waals surface area contributed by atoms with Gasteiger partial charge in [0.25, 0.3) is 0 Å². The number of carbonyl (C=O) groups excluding carboxylic acids is 1. The normalized spacial score (nSPS) is 22.2. The lowest BCUT2D eigenvalue weighted by atomic mass is 9.97. The van der Waals surface area contributed by atoms with Gasteiger partial charge < -0.3 is 15.7 Å². The first kappa shape index (κ1) is 13.5. The third-order valence-electron chi connectivity index (χ3n) is 3.68. The molecule has 1 aliphatic rings. The van der Waals surface area contributed by atoms with Crippen LogP contribution in [0.25, 0.3) is 0 Å². The summed E-state index contributed by atoms with van der Waals surface area (Å²) in [6, 6.07) is 4.90. The van der Waals surface area contributed by atoms with Gasteiger partial charge in [-0.15, -0.1) is 0 Å². The van der Waals surface area contributed by atoms with Crippen LogP contribution in [0.3, 0.4) is 0 Å². The third kappa shape index (κ3) is 2.76. The smallest absolute Gasteiger partial charge is 0.336 e. The molecule has 1 heterocycles. The van der Waals surface area contributed by atoms with E-state index >= 15 is 0 Å². The summed E-state index contributed by atoms with van der Waals surface area (Å²) in [6.45, 7) is 5.25. The van der Waals surface area contributed by atoms with Crippen molar-refractivity contribution in [2.45, 2.75) is 13.8 Å². The molecule has 2 atom stereocenters. The van der Waals surface area contributed by atoms with Crippen LogP contribution in [0, 0.1) is 18.8 Å². The second-order valence-electron chi connectivity index (χ2n) is 5.01. The van der Waals surface area contributed by atoms with Crippen LogP contribution in [-0.2, 0) is 4.79 Å². The predicted molar refractivity (Wildman–Crippen MR) is 72.3 cm³/mol. The van der Waals surface area contributed by atoms with Gasteiger partial charge in [0.05, 0.1) is 11.5 Å². The number of rotatable bonds is 3. The lowest BCUT2D eigenvalue weighted by Crippen LogP contribution is -2.28. The number of hydrogen-bond donors (Lipinski definition) is 3. The maximum atomic E-state index is 12.2. The summed E-state index contributed by atoms with van der Waals surface area (Å²) in [5.74, 6) is -0.802. The average molecular weight is 262 g/mol. The Morgan fingerprint density at radius 3 is 2.68 bits per heavy atom. The highest BCUT2D eigenvalue weighted by Gasteiger charge is 2.29. The van der Waals surface area contributed by atoms with Gasteiger partial charge in [-0.2, -0.15) is 0 Å².